The molecule has 0 atom stereocenters. The lowest BCUT2D eigenvalue weighted by Gasteiger charge is -2.34. The Kier molecular flexibility index (Phi) is 4.26. The topological polar surface area (TPSA) is 35.6 Å². The predicted molar refractivity (Wildman–Crippen MR) is 240 cm³/mol. The molecule has 0 aliphatic heterocycles. The van der Waals surface area contributed by atoms with Gasteiger partial charge < -0.3 is 0 Å². The van der Waals surface area contributed by atoms with Crippen LogP contribution >= 0.6 is 0 Å². The molecule has 57 heavy (non-hydrogen) atoms. The second-order valence-corrected chi connectivity index (χ2v) is 16.7. The molecule has 0 amide bonds. The molecule has 0 saturated carbocycles. The van der Waals surface area contributed by atoms with Crippen molar-refractivity contribution in [2.75, 3.05) is 0 Å². The van der Waals surface area contributed by atoms with E-state index in [4.69, 9.17) is 26.4 Å². The third-order valence-corrected chi connectivity index (χ3v) is 14.6. The van der Waals surface area contributed by atoms with E-state index in [0.29, 0.717) is 15.6 Å². The smallest absolute Gasteiger partial charge is 0.237 e. The van der Waals surface area contributed by atoms with Gasteiger partial charge in [-0.2, -0.15) is 4.98 Å². The standard InChI is InChI=1S/C52H36N4Si/c1-4-20-38(21-5-1)57(39-22-6-2-7-23-39,40-24-8-3-9-25-40)41-26-18-19-37(35-41)46-36-51(55-47-31-14-10-27-42(47)43-28-11-15-32-48(43)55)54-52(53-46)56-49-33-16-12-29-44(49)45-30-13-17-34-50(45)56/h1-36H/i10D,11D,12D,13D,14D,15D,16D,17D,18D,19D,26D,27D,28D,29D,30D,31D,32D,33D,34D,35D,36D. The van der Waals surface area contributed by atoms with Crippen LogP contribution in [-0.4, -0.2) is 27.2 Å². The van der Waals surface area contributed by atoms with E-state index in [-0.39, 0.29) is 5.19 Å². The normalized spacial score (nSPS) is 17.0. The highest BCUT2D eigenvalue weighted by Crippen LogP contribution is 2.35. The summed E-state index contributed by atoms with van der Waals surface area (Å²) in [5.41, 5.74) is -3.34. The molecule has 11 aromatic rings. The molecular weight excluding hydrogens is 709 g/mol. The monoisotopic (exact) mass is 765 g/mol. The highest BCUT2D eigenvalue weighted by molar-refractivity contribution is 7.19. The predicted octanol–water partition coefficient (Wildman–Crippen LogP) is 9.72. The van der Waals surface area contributed by atoms with Crippen LogP contribution < -0.4 is 20.7 Å². The summed E-state index contributed by atoms with van der Waals surface area (Å²) in [5.74, 6) is -1.54. The Morgan fingerprint density at radius 3 is 1.26 bits per heavy atom. The van der Waals surface area contributed by atoms with E-state index in [9.17, 15) is 12.3 Å². The van der Waals surface area contributed by atoms with Crippen LogP contribution in [0.5, 0.6) is 0 Å². The zero-order chi connectivity index (χ0) is 56.0. The molecule has 3 aromatic heterocycles. The van der Waals surface area contributed by atoms with Crippen molar-refractivity contribution in [3.63, 3.8) is 0 Å². The van der Waals surface area contributed by atoms with E-state index in [2.05, 4.69) is 0 Å². The second-order valence-electron chi connectivity index (χ2n) is 13.0. The molecule has 0 spiro atoms. The highest BCUT2D eigenvalue weighted by atomic mass is 28.3. The number of aromatic nitrogens is 4. The van der Waals surface area contributed by atoms with Gasteiger partial charge in [-0.15, -0.1) is 0 Å². The molecule has 0 N–H and O–H groups in total. The van der Waals surface area contributed by atoms with E-state index in [1.54, 1.807) is 54.6 Å². The molecule has 0 fully saturated rings. The van der Waals surface area contributed by atoms with Crippen LogP contribution in [0.3, 0.4) is 0 Å². The highest BCUT2D eigenvalue weighted by Gasteiger charge is 2.41. The maximum atomic E-state index is 10.5. The van der Waals surface area contributed by atoms with E-state index in [1.165, 1.54) is 0 Å². The molecule has 0 radical (unpaired) electrons. The van der Waals surface area contributed by atoms with Gasteiger partial charge in [0.2, 0.25) is 5.95 Å². The molecule has 0 unspecified atom stereocenters. The minimum absolute atomic E-state index is 0.0385. The Labute approximate surface area is 361 Å². The lowest BCUT2D eigenvalue weighted by molar-refractivity contribution is 0.952. The number of benzene rings is 8. The van der Waals surface area contributed by atoms with Gasteiger partial charge in [0.05, 0.1) is 56.5 Å². The van der Waals surface area contributed by atoms with Crippen molar-refractivity contribution < 1.29 is 28.8 Å². The molecule has 4 nitrogen and oxygen atoms in total. The average Bonchev–Trinajstić information content (AvgIpc) is 2.98. The first-order valence-electron chi connectivity index (χ1n) is 28.2. The van der Waals surface area contributed by atoms with Crippen LogP contribution in [0.2, 0.25) is 0 Å². The van der Waals surface area contributed by atoms with Crippen LogP contribution in [0, 0.1) is 0 Å². The molecule has 0 saturated heterocycles. The van der Waals surface area contributed by atoms with Crippen molar-refractivity contribution in [1.29, 1.82) is 0 Å². The van der Waals surface area contributed by atoms with E-state index >= 15 is 0 Å². The largest absolute Gasteiger partial charge is 0.294 e. The zero-order valence-electron chi connectivity index (χ0n) is 50.4. The number of para-hydroxylation sites is 4. The molecular formula is C52H36N4Si. The molecule has 5 heteroatoms. The van der Waals surface area contributed by atoms with Crippen molar-refractivity contribution in [2.24, 2.45) is 0 Å². The fraction of sp³-hybridized carbons (Fsp3) is 0. The maximum absolute atomic E-state index is 10.5. The first-order chi connectivity index (χ1) is 37.0. The molecule has 0 aliphatic carbocycles. The van der Waals surface area contributed by atoms with Crippen LogP contribution in [-0.2, 0) is 0 Å². The lowest BCUT2D eigenvalue weighted by Crippen LogP contribution is -2.74. The molecule has 0 aliphatic rings. The number of nitrogens with zero attached hydrogens (tertiary/aromatic N) is 4. The summed E-state index contributed by atoms with van der Waals surface area (Å²) < 4.78 is 195. The van der Waals surface area contributed by atoms with Crippen LogP contribution in [0.1, 0.15) is 28.8 Å². The number of rotatable bonds is 7. The van der Waals surface area contributed by atoms with E-state index in [1.807, 2.05) is 36.4 Å². The maximum Gasteiger partial charge on any atom is 0.237 e. The van der Waals surface area contributed by atoms with Gasteiger partial charge in [0, 0.05) is 33.2 Å². The quantitative estimate of drug-likeness (QED) is 0.120. The average molecular weight is 766 g/mol. The van der Waals surface area contributed by atoms with Gasteiger partial charge in [0.1, 0.15) is 5.82 Å². The minimum Gasteiger partial charge on any atom is -0.294 e. The van der Waals surface area contributed by atoms with E-state index < -0.39 is 202 Å². The lowest BCUT2D eigenvalue weighted by atomic mass is 10.1. The molecule has 268 valence electrons. The van der Waals surface area contributed by atoms with Crippen molar-refractivity contribution >= 4 is 72.4 Å². The summed E-state index contributed by atoms with van der Waals surface area (Å²) in [6, 6.07) is 11.0. The van der Waals surface area contributed by atoms with Crippen molar-refractivity contribution in [2.45, 2.75) is 0 Å². The van der Waals surface area contributed by atoms with Gasteiger partial charge in [0.15, 0.2) is 8.07 Å². The second kappa shape index (κ2) is 13.4. The van der Waals surface area contributed by atoms with Gasteiger partial charge in [0.25, 0.3) is 0 Å². The van der Waals surface area contributed by atoms with Crippen LogP contribution in [0.4, 0.5) is 0 Å². The summed E-state index contributed by atoms with van der Waals surface area (Å²) >= 11 is 0. The Morgan fingerprint density at radius 2 is 0.807 bits per heavy atom. The first-order valence-corrected chi connectivity index (χ1v) is 19.7. The molecule has 11 rings (SSSR count). The number of hydrogen-bond acceptors (Lipinski definition) is 2. The summed E-state index contributed by atoms with van der Waals surface area (Å²) in [7, 11) is -4.04. The van der Waals surface area contributed by atoms with Crippen molar-refractivity contribution in [3.05, 3.63) is 218 Å². The Balaban J connectivity index is 1.43. The van der Waals surface area contributed by atoms with Gasteiger partial charge in [-0.1, -0.05) is 188 Å². The van der Waals surface area contributed by atoms with Crippen LogP contribution in [0.15, 0.2) is 218 Å². The SMILES string of the molecule is [2H]c1c(-c2c([2H])c([2H])c([2H])c([Si](c3ccccc3)(c3ccccc3)c3ccccc3)c2[2H])nc(-n2c3c([2H])c([2H])c([2H])c([2H])c3c3c([2H])c([2H])c([2H])c([2H])c32)nc1-n1c2c([2H])c([2H])c([2H])c([2H])c2c2c([2H])c([2H])c([2H])c([2H])c21. The zero-order valence-corrected chi connectivity index (χ0v) is 30.4. The van der Waals surface area contributed by atoms with Crippen molar-refractivity contribution in [1.82, 2.24) is 19.1 Å². The fourth-order valence-electron chi connectivity index (χ4n) is 7.61. The van der Waals surface area contributed by atoms with Crippen LogP contribution in [0.25, 0.3) is 66.6 Å². The summed E-state index contributed by atoms with van der Waals surface area (Å²) in [6.45, 7) is 0. The minimum atomic E-state index is -4.04. The molecule has 8 aromatic carbocycles. The Hall–Kier alpha value is -7.34. The molecule has 0 bridgehead atoms. The summed E-state index contributed by atoms with van der Waals surface area (Å²) in [5, 5.41) is 0.217. The van der Waals surface area contributed by atoms with E-state index in [0.717, 1.165) is 9.13 Å². The Bertz CT molecular complexity index is 4210. The molecule has 3 heterocycles. The summed E-state index contributed by atoms with van der Waals surface area (Å²) in [6.07, 6.45) is 0. The first kappa shape index (κ1) is 18.1. The Morgan fingerprint density at radius 1 is 0.386 bits per heavy atom. The van der Waals surface area contributed by atoms with Gasteiger partial charge >= 0.3 is 0 Å². The number of fused-ring (bicyclic) bond motifs is 6. The summed E-state index contributed by atoms with van der Waals surface area (Å²) in [4.78, 5) is 9.58. The number of hydrogen-bond donors (Lipinski definition) is 0. The van der Waals surface area contributed by atoms with Crippen molar-refractivity contribution in [3.8, 4) is 23.0 Å². The van der Waals surface area contributed by atoms with Gasteiger partial charge in [-0.3, -0.25) is 9.13 Å². The fourth-order valence-corrected chi connectivity index (χ4v) is 12.1. The van der Waals surface area contributed by atoms with Gasteiger partial charge in [-0.25, -0.2) is 4.98 Å². The third kappa shape index (κ3) is 5.20. The van der Waals surface area contributed by atoms with Gasteiger partial charge in [-0.05, 0) is 44.9 Å². The third-order valence-electron chi connectivity index (χ3n) is 9.98.